The first-order valence-corrected chi connectivity index (χ1v) is 5.69. The minimum absolute atomic E-state index is 0.0919. The van der Waals surface area contributed by atoms with E-state index in [0.29, 0.717) is 6.61 Å². The van der Waals surface area contributed by atoms with E-state index in [1.807, 2.05) is 0 Å². The second-order valence-electron chi connectivity index (χ2n) is 3.72. The summed E-state index contributed by atoms with van der Waals surface area (Å²) in [6.07, 6.45) is 1.59. The Labute approximate surface area is 96.4 Å². The number of hydrogen-bond acceptors (Lipinski definition) is 6. The molecule has 3 N–H and O–H groups in total. The van der Waals surface area contributed by atoms with E-state index >= 15 is 0 Å². The van der Waals surface area contributed by atoms with Crippen LogP contribution in [0, 0.1) is 0 Å². The molecule has 16 heavy (non-hydrogen) atoms. The first-order chi connectivity index (χ1) is 7.54. The molecule has 2 heterocycles. The lowest BCUT2D eigenvalue weighted by Crippen LogP contribution is -2.26. The van der Waals surface area contributed by atoms with Crippen LogP contribution < -0.4 is 11.4 Å². The topological polar surface area (TPSA) is 90.4 Å². The van der Waals surface area contributed by atoms with Crippen LogP contribution >= 0.6 is 11.8 Å². The second kappa shape index (κ2) is 4.08. The largest absolute Gasteiger partial charge is 0.392 e. The summed E-state index contributed by atoms with van der Waals surface area (Å²) in [4.78, 5) is 14.6. The van der Waals surface area contributed by atoms with Crippen LogP contribution in [-0.4, -0.2) is 32.8 Å². The van der Waals surface area contributed by atoms with Gasteiger partial charge in [-0.1, -0.05) is 11.8 Å². The van der Waals surface area contributed by atoms with Gasteiger partial charge in [-0.2, -0.15) is 4.98 Å². The molecule has 1 aromatic heterocycles. The van der Waals surface area contributed by atoms with Crippen LogP contribution in [0.5, 0.6) is 0 Å². The quantitative estimate of drug-likeness (QED) is 0.747. The van der Waals surface area contributed by atoms with Crippen LogP contribution in [0.2, 0.25) is 0 Å². The van der Waals surface area contributed by atoms with E-state index in [4.69, 9.17) is 15.6 Å². The third kappa shape index (κ3) is 2.06. The Morgan fingerprint density at radius 1 is 1.88 bits per heavy atom. The molecule has 0 aromatic carbocycles. The Morgan fingerprint density at radius 3 is 3.19 bits per heavy atom. The van der Waals surface area contributed by atoms with E-state index in [1.54, 1.807) is 19.2 Å². The number of nitrogens with zero attached hydrogens (tertiary/aromatic N) is 2. The molecule has 0 amide bonds. The number of nitrogen functional groups attached to an aromatic ring is 1. The van der Waals surface area contributed by atoms with Crippen molar-refractivity contribution in [1.82, 2.24) is 9.55 Å². The summed E-state index contributed by atoms with van der Waals surface area (Å²) in [5.74, 6) is 0.204. The van der Waals surface area contributed by atoms with Crippen LogP contribution in [0.1, 0.15) is 12.3 Å². The lowest BCUT2D eigenvalue weighted by molar-refractivity contribution is 0.0124. The number of hydrogen-bond donors (Lipinski definition) is 2. The first kappa shape index (κ1) is 11.4. The van der Waals surface area contributed by atoms with Crippen molar-refractivity contribution in [2.75, 3.05) is 18.9 Å². The molecule has 1 saturated heterocycles. The summed E-state index contributed by atoms with van der Waals surface area (Å²) in [7, 11) is 0. The minimum atomic E-state index is -0.647. The number of aliphatic hydroxyl groups excluding tert-OH is 1. The van der Waals surface area contributed by atoms with E-state index in [0.717, 1.165) is 0 Å². The zero-order valence-electron chi connectivity index (χ0n) is 8.79. The molecule has 7 heteroatoms. The third-order valence-corrected chi connectivity index (χ3v) is 3.75. The fourth-order valence-corrected chi connectivity index (χ4v) is 2.66. The third-order valence-electron chi connectivity index (χ3n) is 2.37. The molecule has 1 aliphatic heterocycles. The van der Waals surface area contributed by atoms with Crippen molar-refractivity contribution in [2.45, 2.75) is 17.2 Å². The second-order valence-corrected chi connectivity index (χ2v) is 5.36. The summed E-state index contributed by atoms with van der Waals surface area (Å²) in [6.45, 7) is 2.06. The van der Waals surface area contributed by atoms with Crippen molar-refractivity contribution in [3.05, 3.63) is 22.7 Å². The highest BCUT2D eigenvalue weighted by atomic mass is 32.2. The average molecular weight is 243 g/mol. The normalized spacial score (nSPS) is 29.5. The van der Waals surface area contributed by atoms with Crippen molar-refractivity contribution >= 4 is 17.6 Å². The highest BCUT2D eigenvalue weighted by Gasteiger charge is 2.37. The minimum Gasteiger partial charge on any atom is -0.392 e. The van der Waals surface area contributed by atoms with Crippen LogP contribution in [0.15, 0.2) is 17.1 Å². The smallest absolute Gasteiger partial charge is 0.350 e. The van der Waals surface area contributed by atoms with Gasteiger partial charge < -0.3 is 15.6 Å². The summed E-state index contributed by atoms with van der Waals surface area (Å²) in [5, 5.41) is 8.97. The summed E-state index contributed by atoms with van der Waals surface area (Å²) in [5.41, 5.74) is 5.00. The van der Waals surface area contributed by atoms with Gasteiger partial charge in [0.2, 0.25) is 0 Å². The van der Waals surface area contributed by atoms with Crippen molar-refractivity contribution in [3.63, 3.8) is 0 Å². The number of nitrogens with two attached hydrogens (primary N) is 1. The van der Waals surface area contributed by atoms with Gasteiger partial charge in [0.25, 0.3) is 0 Å². The Balaban J connectivity index is 2.24. The lowest BCUT2D eigenvalue weighted by atomic mass is 10.4. The van der Waals surface area contributed by atoms with Crippen LogP contribution in [-0.2, 0) is 4.74 Å². The molecular formula is C9H13N3O3S. The van der Waals surface area contributed by atoms with Crippen molar-refractivity contribution in [3.8, 4) is 0 Å². The Hall–Kier alpha value is -1.05. The zero-order chi connectivity index (χ0) is 11.8. The van der Waals surface area contributed by atoms with E-state index in [-0.39, 0.29) is 17.8 Å². The van der Waals surface area contributed by atoms with Gasteiger partial charge in [-0.3, -0.25) is 4.57 Å². The molecule has 1 aliphatic rings. The van der Waals surface area contributed by atoms with Gasteiger partial charge in [-0.05, 0) is 13.0 Å². The maximum atomic E-state index is 11.6. The van der Waals surface area contributed by atoms with Gasteiger partial charge in [0.05, 0.1) is 13.2 Å². The Bertz CT molecular complexity index is 450. The molecule has 0 aliphatic carbocycles. The monoisotopic (exact) mass is 243 g/mol. The fraction of sp³-hybridized carbons (Fsp3) is 0.556. The van der Waals surface area contributed by atoms with Crippen molar-refractivity contribution < 1.29 is 9.84 Å². The molecule has 1 unspecified atom stereocenters. The maximum Gasteiger partial charge on any atom is 0.350 e. The first-order valence-electron chi connectivity index (χ1n) is 4.81. The van der Waals surface area contributed by atoms with Crippen LogP contribution in [0.3, 0.4) is 0 Å². The number of anilines is 1. The summed E-state index contributed by atoms with van der Waals surface area (Å²) < 4.78 is 6.90. The molecule has 1 aromatic rings. The maximum absolute atomic E-state index is 11.6. The molecule has 0 radical (unpaired) electrons. The van der Waals surface area contributed by atoms with Crippen LogP contribution in [0.4, 0.5) is 5.82 Å². The van der Waals surface area contributed by atoms with Gasteiger partial charge in [-0.25, -0.2) is 4.79 Å². The molecule has 0 saturated carbocycles. The van der Waals surface area contributed by atoms with Gasteiger partial charge >= 0.3 is 5.69 Å². The highest BCUT2D eigenvalue weighted by molar-refractivity contribution is 8.00. The molecular weight excluding hydrogens is 230 g/mol. The van der Waals surface area contributed by atoms with Gasteiger partial charge in [-0.15, -0.1) is 0 Å². The van der Waals surface area contributed by atoms with Gasteiger partial charge in [0, 0.05) is 6.20 Å². The molecule has 88 valence electrons. The van der Waals surface area contributed by atoms with Gasteiger partial charge in [0.1, 0.15) is 16.1 Å². The van der Waals surface area contributed by atoms with E-state index < -0.39 is 10.6 Å². The Morgan fingerprint density at radius 2 is 2.62 bits per heavy atom. The molecule has 0 spiro atoms. The fourth-order valence-electron chi connectivity index (χ4n) is 1.47. The SMILES string of the molecule is CC1(CO)OC[C@H](n2ccc(N)nc2=O)S1. The predicted octanol–water partition coefficient (Wildman–Crippen LogP) is -0.204. The molecule has 6 nitrogen and oxygen atoms in total. The van der Waals surface area contributed by atoms with Gasteiger partial charge in [0.15, 0.2) is 0 Å². The van der Waals surface area contributed by atoms with E-state index in [9.17, 15) is 4.79 Å². The number of rotatable bonds is 2. The number of aliphatic hydroxyl groups is 1. The predicted molar refractivity (Wildman–Crippen MR) is 61.0 cm³/mol. The lowest BCUT2D eigenvalue weighted by Gasteiger charge is -2.18. The summed E-state index contributed by atoms with van der Waals surface area (Å²) in [6, 6.07) is 1.57. The Kier molecular flexibility index (Phi) is 2.92. The van der Waals surface area contributed by atoms with Crippen molar-refractivity contribution in [1.29, 1.82) is 0 Å². The summed E-state index contributed by atoms with van der Waals surface area (Å²) >= 11 is 1.40. The zero-order valence-corrected chi connectivity index (χ0v) is 9.61. The number of ether oxygens (including phenoxy) is 1. The number of thioether (sulfide) groups is 1. The number of aromatic nitrogens is 2. The van der Waals surface area contributed by atoms with E-state index in [2.05, 4.69) is 4.98 Å². The van der Waals surface area contributed by atoms with Crippen LogP contribution in [0.25, 0.3) is 0 Å². The highest BCUT2D eigenvalue weighted by Crippen LogP contribution is 2.42. The molecule has 2 rings (SSSR count). The molecule has 0 bridgehead atoms. The van der Waals surface area contributed by atoms with Crippen molar-refractivity contribution in [2.24, 2.45) is 0 Å². The molecule has 1 fully saturated rings. The van der Waals surface area contributed by atoms with E-state index in [1.165, 1.54) is 16.3 Å². The molecule has 2 atom stereocenters. The average Bonchev–Trinajstić information content (AvgIpc) is 2.62. The standard InChI is InChI=1S/C9H13N3O3S/c1-9(5-13)15-4-7(16-9)12-3-2-6(10)11-8(12)14/h2-3,7,13H,4-5H2,1H3,(H2,10,11,14)/t7-,9?/m1/s1.